The first-order valence-electron chi connectivity index (χ1n) is 11.6. The van der Waals surface area contributed by atoms with Gasteiger partial charge in [0.15, 0.2) is 5.82 Å². The average Bonchev–Trinajstić information content (AvgIpc) is 3.67. The van der Waals surface area contributed by atoms with E-state index in [0.717, 1.165) is 24.2 Å². The van der Waals surface area contributed by atoms with Crippen molar-refractivity contribution < 1.29 is 23.2 Å². The van der Waals surface area contributed by atoms with Crippen LogP contribution in [-0.4, -0.2) is 18.2 Å². The smallest absolute Gasteiger partial charge is 0.340 e. The van der Waals surface area contributed by atoms with Crippen LogP contribution in [0.1, 0.15) is 51.6 Å². The van der Waals surface area contributed by atoms with Gasteiger partial charge in [-0.1, -0.05) is 63.9 Å². The van der Waals surface area contributed by atoms with Crippen molar-refractivity contribution in [3.05, 3.63) is 103 Å². The van der Waals surface area contributed by atoms with Crippen molar-refractivity contribution in [3.8, 4) is 28.8 Å². The number of methoxy groups -OCH3 is 1. The zero-order valence-electron chi connectivity index (χ0n) is 20.0. The highest BCUT2D eigenvalue weighted by Gasteiger charge is 2.33. The standard InChI is InChI=1S/C29H19Cl3FNO4/c1-36-29(35)20-5-2-4-17(26(20)33)9-8-16-12-13-19(14-24(16)32)37-15-21-27(34-38-28(21)18-10-11-18)25-22(30)6-3-7-23(25)31/h2-7,12-14,18H,10-11,15H2,1H3. The molecule has 0 atom stereocenters. The Hall–Kier alpha value is -3.50. The molecular weight excluding hydrogens is 552 g/mol. The molecule has 0 bridgehead atoms. The lowest BCUT2D eigenvalue weighted by atomic mass is 10.0. The van der Waals surface area contributed by atoms with Gasteiger partial charge in [-0.25, -0.2) is 9.18 Å². The van der Waals surface area contributed by atoms with Gasteiger partial charge < -0.3 is 14.0 Å². The van der Waals surface area contributed by atoms with Crippen molar-refractivity contribution in [3.63, 3.8) is 0 Å². The Balaban J connectivity index is 1.38. The monoisotopic (exact) mass is 569 g/mol. The molecule has 0 saturated heterocycles. The molecule has 0 unspecified atom stereocenters. The fourth-order valence-electron chi connectivity index (χ4n) is 3.92. The highest BCUT2D eigenvalue weighted by Crippen LogP contribution is 2.46. The Morgan fingerprint density at radius 1 is 1.03 bits per heavy atom. The minimum Gasteiger partial charge on any atom is -0.489 e. The van der Waals surface area contributed by atoms with Gasteiger partial charge in [-0.3, -0.25) is 0 Å². The number of hydrogen-bond acceptors (Lipinski definition) is 5. The van der Waals surface area contributed by atoms with Crippen molar-refractivity contribution in [2.24, 2.45) is 0 Å². The second-order valence-corrected chi connectivity index (χ2v) is 9.81. The molecule has 3 aromatic carbocycles. The van der Waals surface area contributed by atoms with Crippen LogP contribution in [-0.2, 0) is 11.3 Å². The summed E-state index contributed by atoms with van der Waals surface area (Å²) in [5.74, 6) is 5.59. The van der Waals surface area contributed by atoms with Crippen LogP contribution in [0.25, 0.3) is 11.3 Å². The molecule has 1 aliphatic rings. The second kappa shape index (κ2) is 11.1. The molecule has 0 aliphatic heterocycles. The molecule has 1 saturated carbocycles. The molecule has 38 heavy (non-hydrogen) atoms. The number of esters is 1. The minimum absolute atomic E-state index is 0.0510. The lowest BCUT2D eigenvalue weighted by Gasteiger charge is -2.10. The molecule has 1 fully saturated rings. The molecule has 9 heteroatoms. The van der Waals surface area contributed by atoms with E-state index in [2.05, 4.69) is 21.7 Å². The number of carbonyl (C=O) groups excluding carboxylic acids is 1. The Bertz CT molecular complexity index is 1580. The van der Waals surface area contributed by atoms with Crippen LogP contribution in [0.5, 0.6) is 5.75 Å². The summed E-state index contributed by atoms with van der Waals surface area (Å²) in [7, 11) is 1.19. The van der Waals surface area contributed by atoms with Gasteiger partial charge in [-0.15, -0.1) is 0 Å². The van der Waals surface area contributed by atoms with E-state index in [0.29, 0.717) is 37.6 Å². The van der Waals surface area contributed by atoms with Crippen LogP contribution >= 0.6 is 34.8 Å². The Labute approximate surface area is 233 Å². The van der Waals surface area contributed by atoms with Gasteiger partial charge in [-0.2, -0.15) is 0 Å². The predicted octanol–water partition coefficient (Wildman–Crippen LogP) is 8.08. The third-order valence-electron chi connectivity index (χ3n) is 6.03. The second-order valence-electron chi connectivity index (χ2n) is 8.58. The topological polar surface area (TPSA) is 61.6 Å². The molecule has 1 aliphatic carbocycles. The Morgan fingerprint density at radius 2 is 1.74 bits per heavy atom. The fraction of sp³-hybridized carbons (Fsp3) is 0.172. The van der Waals surface area contributed by atoms with Gasteiger partial charge in [-0.05, 0) is 49.2 Å². The first-order valence-corrected chi connectivity index (χ1v) is 12.7. The normalized spacial score (nSPS) is 12.6. The molecular formula is C29H19Cl3FNO4. The van der Waals surface area contributed by atoms with Crippen LogP contribution in [0.3, 0.4) is 0 Å². The summed E-state index contributed by atoms with van der Waals surface area (Å²) in [6.07, 6.45) is 2.03. The molecule has 0 N–H and O–H groups in total. The Kier molecular flexibility index (Phi) is 7.62. The van der Waals surface area contributed by atoms with Crippen molar-refractivity contribution in [1.82, 2.24) is 5.16 Å². The molecule has 5 rings (SSSR count). The van der Waals surface area contributed by atoms with Crippen molar-refractivity contribution >= 4 is 40.8 Å². The van der Waals surface area contributed by atoms with E-state index in [4.69, 9.17) is 44.1 Å². The number of hydrogen-bond donors (Lipinski definition) is 0. The molecule has 5 nitrogen and oxygen atoms in total. The summed E-state index contributed by atoms with van der Waals surface area (Å²) in [5, 5.41) is 5.52. The fourth-order valence-corrected chi connectivity index (χ4v) is 4.72. The van der Waals surface area contributed by atoms with Crippen molar-refractivity contribution in [1.29, 1.82) is 0 Å². The van der Waals surface area contributed by atoms with E-state index < -0.39 is 11.8 Å². The van der Waals surface area contributed by atoms with Gasteiger partial charge >= 0.3 is 5.97 Å². The lowest BCUT2D eigenvalue weighted by molar-refractivity contribution is 0.0595. The van der Waals surface area contributed by atoms with Crippen LogP contribution < -0.4 is 4.74 Å². The summed E-state index contributed by atoms with van der Waals surface area (Å²) in [6, 6.07) is 14.6. The van der Waals surface area contributed by atoms with Crippen LogP contribution in [0, 0.1) is 17.7 Å². The largest absolute Gasteiger partial charge is 0.489 e. The SMILES string of the molecule is COC(=O)c1cccc(C#Cc2ccc(OCc3c(-c4c(Cl)cccc4Cl)noc3C3CC3)cc2Cl)c1F. The minimum atomic E-state index is -0.775. The zero-order valence-corrected chi connectivity index (χ0v) is 22.3. The first kappa shape index (κ1) is 26.1. The number of ether oxygens (including phenoxy) is 2. The van der Waals surface area contributed by atoms with Crippen LogP contribution in [0.2, 0.25) is 15.1 Å². The molecule has 1 heterocycles. The number of rotatable bonds is 6. The quantitative estimate of drug-likeness (QED) is 0.173. The number of nitrogens with zero attached hydrogens (tertiary/aromatic N) is 1. The van der Waals surface area contributed by atoms with Gasteiger partial charge in [0.1, 0.15) is 23.8 Å². The molecule has 0 spiro atoms. The first-order chi connectivity index (χ1) is 18.4. The lowest BCUT2D eigenvalue weighted by Crippen LogP contribution is -2.05. The Morgan fingerprint density at radius 3 is 2.42 bits per heavy atom. The van der Waals surface area contributed by atoms with Gasteiger partial charge in [0.05, 0.1) is 38.9 Å². The molecule has 192 valence electrons. The highest BCUT2D eigenvalue weighted by molar-refractivity contribution is 6.39. The summed E-state index contributed by atoms with van der Waals surface area (Å²) in [5.41, 5.74) is 2.25. The van der Waals surface area contributed by atoms with Gasteiger partial charge in [0, 0.05) is 23.1 Å². The maximum absolute atomic E-state index is 14.6. The number of carbonyl (C=O) groups is 1. The summed E-state index contributed by atoms with van der Waals surface area (Å²) < 4.78 is 31.0. The maximum atomic E-state index is 14.6. The van der Waals surface area contributed by atoms with E-state index in [1.54, 1.807) is 36.4 Å². The van der Waals surface area contributed by atoms with Crippen LogP contribution in [0.4, 0.5) is 4.39 Å². The third kappa shape index (κ3) is 5.37. The van der Waals surface area contributed by atoms with Gasteiger partial charge in [0.2, 0.25) is 0 Å². The van der Waals surface area contributed by atoms with Crippen molar-refractivity contribution in [2.75, 3.05) is 7.11 Å². The average molecular weight is 571 g/mol. The van der Waals surface area contributed by atoms with E-state index in [9.17, 15) is 9.18 Å². The molecule has 0 amide bonds. The predicted molar refractivity (Wildman–Crippen MR) is 143 cm³/mol. The summed E-state index contributed by atoms with van der Waals surface area (Å²) >= 11 is 19.3. The summed E-state index contributed by atoms with van der Waals surface area (Å²) in [4.78, 5) is 11.7. The molecule has 1 aromatic heterocycles. The highest BCUT2D eigenvalue weighted by atomic mass is 35.5. The maximum Gasteiger partial charge on any atom is 0.340 e. The summed E-state index contributed by atoms with van der Waals surface area (Å²) in [6.45, 7) is 0.166. The van der Waals surface area contributed by atoms with E-state index in [1.165, 1.54) is 25.3 Å². The van der Waals surface area contributed by atoms with Gasteiger partial charge in [0.25, 0.3) is 0 Å². The van der Waals surface area contributed by atoms with Crippen molar-refractivity contribution in [2.45, 2.75) is 25.4 Å². The molecule has 0 radical (unpaired) electrons. The van der Waals surface area contributed by atoms with E-state index >= 15 is 0 Å². The van der Waals surface area contributed by atoms with Crippen LogP contribution in [0.15, 0.2) is 59.1 Å². The molecule has 4 aromatic rings. The number of benzene rings is 3. The van der Waals surface area contributed by atoms with E-state index in [1.807, 2.05) is 0 Å². The third-order valence-corrected chi connectivity index (χ3v) is 6.97. The number of aromatic nitrogens is 1. The number of halogens is 4. The zero-order chi connectivity index (χ0) is 26.8. The van der Waals surface area contributed by atoms with E-state index in [-0.39, 0.29) is 23.7 Å².